The third-order valence-corrected chi connectivity index (χ3v) is 2.02. The van der Waals surface area contributed by atoms with E-state index in [0.717, 1.165) is 11.9 Å². The summed E-state index contributed by atoms with van der Waals surface area (Å²) in [7, 11) is 0.589. The van der Waals surface area contributed by atoms with Crippen molar-refractivity contribution in [3.8, 4) is 5.75 Å². The Hall–Kier alpha value is -0.550. The summed E-state index contributed by atoms with van der Waals surface area (Å²) < 4.78 is 5.44. The van der Waals surface area contributed by atoms with Crippen LogP contribution < -0.4 is 4.52 Å². The minimum absolute atomic E-state index is 0.589. The Morgan fingerprint density at radius 1 is 1.27 bits per heavy atom. The van der Waals surface area contributed by atoms with Crippen LogP contribution in [0.25, 0.3) is 0 Å². The molecule has 0 aliphatic heterocycles. The van der Waals surface area contributed by atoms with Crippen molar-refractivity contribution >= 4 is 8.81 Å². The van der Waals surface area contributed by atoms with E-state index in [4.69, 9.17) is 4.52 Å². The van der Waals surface area contributed by atoms with Crippen LogP contribution in [-0.4, -0.2) is 6.16 Å². The molecular weight excluding hydrogens is 155 g/mol. The van der Waals surface area contributed by atoms with Crippen molar-refractivity contribution in [2.24, 2.45) is 0 Å². The fraction of sp³-hybridized carbons (Fsp3) is 0.333. The number of benzene rings is 1. The van der Waals surface area contributed by atoms with Gasteiger partial charge in [0, 0.05) is 0 Å². The van der Waals surface area contributed by atoms with Crippen molar-refractivity contribution < 1.29 is 4.52 Å². The van der Waals surface area contributed by atoms with Gasteiger partial charge < -0.3 is 4.52 Å². The van der Waals surface area contributed by atoms with Gasteiger partial charge >= 0.3 is 0 Å². The highest BCUT2D eigenvalue weighted by Gasteiger charge is 1.89. The van der Waals surface area contributed by atoms with Crippen LogP contribution in [0, 0.1) is 6.92 Å². The molecule has 0 aromatic heterocycles. The van der Waals surface area contributed by atoms with Crippen molar-refractivity contribution in [3.63, 3.8) is 0 Å². The van der Waals surface area contributed by atoms with E-state index in [1.807, 2.05) is 12.1 Å². The minimum Gasteiger partial charge on any atom is -0.477 e. The summed E-state index contributed by atoms with van der Waals surface area (Å²) in [5, 5.41) is 0. The van der Waals surface area contributed by atoms with Gasteiger partial charge in [-0.2, -0.15) is 0 Å². The summed E-state index contributed by atoms with van der Waals surface area (Å²) in [5.74, 6) is 0.982. The van der Waals surface area contributed by atoms with E-state index in [0.29, 0.717) is 8.81 Å². The molecule has 1 aromatic rings. The van der Waals surface area contributed by atoms with Crippen LogP contribution in [-0.2, 0) is 0 Å². The Morgan fingerprint density at radius 2 is 1.91 bits per heavy atom. The van der Waals surface area contributed by atoms with Crippen molar-refractivity contribution in [2.75, 3.05) is 6.16 Å². The molecule has 1 unspecified atom stereocenters. The lowest BCUT2D eigenvalue weighted by atomic mass is 10.2. The molecular formula is C9H13OP. The SMILES string of the molecule is CCPOc1ccc(C)cc1. The molecule has 0 N–H and O–H groups in total. The zero-order chi connectivity index (χ0) is 8.10. The third-order valence-electron chi connectivity index (χ3n) is 1.36. The highest BCUT2D eigenvalue weighted by atomic mass is 31.1. The topological polar surface area (TPSA) is 9.23 Å². The fourth-order valence-corrected chi connectivity index (χ4v) is 1.21. The van der Waals surface area contributed by atoms with Crippen molar-refractivity contribution in [1.29, 1.82) is 0 Å². The van der Waals surface area contributed by atoms with Crippen molar-refractivity contribution in [3.05, 3.63) is 29.8 Å². The molecule has 0 heterocycles. The number of aryl methyl sites for hydroxylation is 1. The molecule has 0 saturated heterocycles. The minimum atomic E-state index is 0.589. The van der Waals surface area contributed by atoms with Gasteiger partial charge in [0.05, 0.1) is 8.81 Å². The average molecular weight is 168 g/mol. The highest BCUT2D eigenvalue weighted by Crippen LogP contribution is 2.19. The molecule has 0 spiro atoms. The van der Waals surface area contributed by atoms with E-state index in [2.05, 4.69) is 26.0 Å². The molecule has 1 aromatic carbocycles. The lowest BCUT2D eigenvalue weighted by Crippen LogP contribution is -1.79. The van der Waals surface area contributed by atoms with Gasteiger partial charge in [-0.1, -0.05) is 24.6 Å². The van der Waals surface area contributed by atoms with E-state index < -0.39 is 0 Å². The van der Waals surface area contributed by atoms with Crippen LogP contribution >= 0.6 is 8.81 Å². The zero-order valence-corrected chi connectivity index (χ0v) is 7.92. The maximum atomic E-state index is 5.44. The second kappa shape index (κ2) is 4.35. The summed E-state index contributed by atoms with van der Waals surface area (Å²) in [5.41, 5.74) is 1.28. The normalized spacial score (nSPS) is 10.7. The van der Waals surface area contributed by atoms with Crippen LogP contribution in [0.15, 0.2) is 24.3 Å². The van der Waals surface area contributed by atoms with Gasteiger partial charge in [-0.3, -0.25) is 0 Å². The first kappa shape index (κ1) is 8.55. The first-order chi connectivity index (χ1) is 5.33. The molecule has 0 aliphatic rings. The Bertz CT molecular complexity index is 205. The molecule has 0 saturated carbocycles. The predicted octanol–water partition coefficient (Wildman–Crippen LogP) is 2.99. The quantitative estimate of drug-likeness (QED) is 0.630. The lowest BCUT2D eigenvalue weighted by molar-refractivity contribution is 0.631. The predicted molar refractivity (Wildman–Crippen MR) is 50.7 cm³/mol. The van der Waals surface area contributed by atoms with Gasteiger partial charge in [0.15, 0.2) is 0 Å². The van der Waals surface area contributed by atoms with Crippen LogP contribution in [0.3, 0.4) is 0 Å². The molecule has 1 rings (SSSR count). The maximum absolute atomic E-state index is 5.44. The Morgan fingerprint density at radius 3 is 2.45 bits per heavy atom. The summed E-state index contributed by atoms with van der Waals surface area (Å²) >= 11 is 0. The zero-order valence-electron chi connectivity index (χ0n) is 6.92. The molecule has 11 heavy (non-hydrogen) atoms. The lowest BCUT2D eigenvalue weighted by Gasteiger charge is -2.02. The summed E-state index contributed by atoms with van der Waals surface area (Å²) in [6.45, 7) is 4.19. The van der Waals surface area contributed by atoms with Gasteiger partial charge in [-0.15, -0.1) is 0 Å². The smallest absolute Gasteiger partial charge is 0.122 e. The monoisotopic (exact) mass is 168 g/mol. The van der Waals surface area contributed by atoms with Crippen LogP contribution in [0.4, 0.5) is 0 Å². The largest absolute Gasteiger partial charge is 0.477 e. The fourth-order valence-electron chi connectivity index (χ4n) is 0.762. The Balaban J connectivity index is 2.52. The molecule has 1 atom stereocenters. The van der Waals surface area contributed by atoms with Gasteiger partial charge in [0.25, 0.3) is 0 Å². The molecule has 0 amide bonds. The first-order valence-corrected chi connectivity index (χ1v) is 4.91. The number of hydrogen-bond donors (Lipinski definition) is 0. The van der Waals surface area contributed by atoms with Crippen molar-refractivity contribution in [2.45, 2.75) is 13.8 Å². The number of hydrogen-bond acceptors (Lipinski definition) is 1. The molecule has 2 heteroatoms. The summed E-state index contributed by atoms with van der Waals surface area (Å²) in [4.78, 5) is 0. The Kier molecular flexibility index (Phi) is 3.38. The second-order valence-electron chi connectivity index (χ2n) is 2.41. The van der Waals surface area contributed by atoms with E-state index in [9.17, 15) is 0 Å². The molecule has 0 aliphatic carbocycles. The second-order valence-corrected chi connectivity index (χ2v) is 3.61. The third kappa shape index (κ3) is 2.90. The highest BCUT2D eigenvalue weighted by molar-refractivity contribution is 7.32. The maximum Gasteiger partial charge on any atom is 0.122 e. The van der Waals surface area contributed by atoms with Gasteiger partial charge in [-0.25, -0.2) is 0 Å². The summed E-state index contributed by atoms with van der Waals surface area (Å²) in [6.07, 6.45) is 1.09. The summed E-state index contributed by atoms with van der Waals surface area (Å²) in [6, 6.07) is 8.15. The van der Waals surface area contributed by atoms with Gasteiger partial charge in [0.1, 0.15) is 5.75 Å². The first-order valence-electron chi connectivity index (χ1n) is 3.79. The average Bonchev–Trinajstić information content (AvgIpc) is 2.04. The van der Waals surface area contributed by atoms with E-state index in [-0.39, 0.29) is 0 Å². The van der Waals surface area contributed by atoms with E-state index >= 15 is 0 Å². The molecule has 0 bridgehead atoms. The van der Waals surface area contributed by atoms with E-state index in [1.165, 1.54) is 5.56 Å². The number of rotatable bonds is 3. The van der Waals surface area contributed by atoms with Crippen LogP contribution in [0.2, 0.25) is 0 Å². The standard InChI is InChI=1S/C9H13OP/c1-3-11-10-9-6-4-8(2)5-7-9/h4-7,11H,3H2,1-2H3. The van der Waals surface area contributed by atoms with Gasteiger partial charge in [0.2, 0.25) is 0 Å². The molecule has 1 nitrogen and oxygen atoms in total. The van der Waals surface area contributed by atoms with E-state index in [1.54, 1.807) is 0 Å². The molecule has 0 radical (unpaired) electrons. The molecule has 60 valence electrons. The van der Waals surface area contributed by atoms with Crippen molar-refractivity contribution in [1.82, 2.24) is 0 Å². The van der Waals surface area contributed by atoms with Crippen LogP contribution in [0.5, 0.6) is 5.75 Å². The molecule has 0 fully saturated rings. The van der Waals surface area contributed by atoms with Crippen LogP contribution in [0.1, 0.15) is 12.5 Å². The Labute approximate surface area is 69.6 Å². The van der Waals surface area contributed by atoms with Gasteiger partial charge in [-0.05, 0) is 25.2 Å².